The minimum absolute atomic E-state index is 0.365. The summed E-state index contributed by atoms with van der Waals surface area (Å²) >= 11 is 6.11. The molecule has 120 valence electrons. The molecule has 0 unspecified atom stereocenters. The van der Waals surface area contributed by atoms with Crippen molar-refractivity contribution in [3.63, 3.8) is 0 Å². The molecule has 0 fully saturated rings. The Bertz CT molecular complexity index is 417. The SMILES string of the molecule is COCCOCCOCCOc1cc(N)cc(OC)c1Cl. The first-order valence-corrected chi connectivity index (χ1v) is 6.97. The monoisotopic (exact) mass is 319 g/mol. The maximum absolute atomic E-state index is 6.11. The predicted molar refractivity (Wildman–Crippen MR) is 81.4 cm³/mol. The molecule has 0 spiro atoms. The molecule has 1 aromatic carbocycles. The molecule has 0 heterocycles. The average Bonchev–Trinajstić information content (AvgIpc) is 2.48. The van der Waals surface area contributed by atoms with Gasteiger partial charge < -0.3 is 29.4 Å². The smallest absolute Gasteiger partial charge is 0.143 e. The second kappa shape index (κ2) is 10.5. The van der Waals surface area contributed by atoms with E-state index in [1.165, 1.54) is 7.11 Å². The fraction of sp³-hybridized carbons (Fsp3) is 0.571. The summed E-state index contributed by atoms with van der Waals surface area (Å²) in [6.45, 7) is 2.97. The summed E-state index contributed by atoms with van der Waals surface area (Å²) < 4.78 is 26.1. The summed E-state index contributed by atoms with van der Waals surface area (Å²) in [7, 11) is 3.16. The van der Waals surface area contributed by atoms with Crippen LogP contribution in [0.5, 0.6) is 11.5 Å². The standard InChI is InChI=1S/C14H22ClNO5/c1-17-3-4-19-5-6-20-7-8-21-13-10-11(16)9-12(18-2)14(13)15/h9-10H,3-8,16H2,1-2H3. The van der Waals surface area contributed by atoms with Gasteiger partial charge in [-0.2, -0.15) is 0 Å². The van der Waals surface area contributed by atoms with Gasteiger partial charge in [-0.05, 0) is 0 Å². The van der Waals surface area contributed by atoms with Crippen molar-refractivity contribution in [1.82, 2.24) is 0 Å². The number of hydrogen-bond donors (Lipinski definition) is 1. The first kappa shape index (κ1) is 17.8. The van der Waals surface area contributed by atoms with Gasteiger partial charge in [0.1, 0.15) is 23.1 Å². The summed E-state index contributed by atoms with van der Waals surface area (Å²) in [6, 6.07) is 3.29. The minimum atomic E-state index is 0.365. The number of methoxy groups -OCH3 is 2. The molecule has 0 aliphatic heterocycles. The van der Waals surface area contributed by atoms with Crippen LogP contribution >= 0.6 is 11.6 Å². The first-order chi connectivity index (χ1) is 10.2. The average molecular weight is 320 g/mol. The number of anilines is 1. The molecule has 2 N–H and O–H groups in total. The lowest BCUT2D eigenvalue weighted by atomic mass is 10.3. The van der Waals surface area contributed by atoms with Gasteiger partial charge in [0.2, 0.25) is 0 Å². The van der Waals surface area contributed by atoms with Gasteiger partial charge >= 0.3 is 0 Å². The van der Waals surface area contributed by atoms with Crippen LogP contribution in [0.4, 0.5) is 5.69 Å². The maximum Gasteiger partial charge on any atom is 0.143 e. The van der Waals surface area contributed by atoms with Gasteiger partial charge in [-0.1, -0.05) is 11.6 Å². The Morgan fingerprint density at radius 3 is 2.10 bits per heavy atom. The van der Waals surface area contributed by atoms with Crippen molar-refractivity contribution in [2.24, 2.45) is 0 Å². The number of nitrogen functional groups attached to an aromatic ring is 1. The van der Waals surface area contributed by atoms with Gasteiger partial charge in [-0.3, -0.25) is 0 Å². The summed E-state index contributed by atoms with van der Waals surface area (Å²) in [5, 5.41) is 0.398. The molecule has 1 rings (SSSR count). The molecule has 1 aromatic rings. The van der Waals surface area contributed by atoms with Gasteiger partial charge in [0.25, 0.3) is 0 Å². The van der Waals surface area contributed by atoms with Crippen LogP contribution in [0.25, 0.3) is 0 Å². The fourth-order valence-corrected chi connectivity index (χ4v) is 1.76. The van der Waals surface area contributed by atoms with E-state index < -0.39 is 0 Å². The zero-order valence-corrected chi connectivity index (χ0v) is 13.1. The minimum Gasteiger partial charge on any atom is -0.495 e. The van der Waals surface area contributed by atoms with E-state index in [4.69, 9.17) is 41.0 Å². The van der Waals surface area contributed by atoms with Crippen LogP contribution in [0.3, 0.4) is 0 Å². The van der Waals surface area contributed by atoms with E-state index in [0.29, 0.717) is 61.9 Å². The van der Waals surface area contributed by atoms with Gasteiger partial charge in [0.15, 0.2) is 0 Å². The fourth-order valence-electron chi connectivity index (χ4n) is 1.52. The Balaban J connectivity index is 2.20. The predicted octanol–water partition coefficient (Wildman–Crippen LogP) is 1.99. The Hall–Kier alpha value is -1.21. The molecule has 0 radical (unpaired) electrons. The molecule has 0 atom stereocenters. The molecule has 0 saturated heterocycles. The van der Waals surface area contributed by atoms with Crippen LogP contribution in [-0.2, 0) is 14.2 Å². The van der Waals surface area contributed by atoms with Crippen molar-refractivity contribution >= 4 is 17.3 Å². The Labute approximate surface area is 130 Å². The van der Waals surface area contributed by atoms with E-state index in [2.05, 4.69) is 0 Å². The molecule has 0 saturated carbocycles. The molecular weight excluding hydrogens is 298 g/mol. The summed E-state index contributed by atoms with van der Waals surface area (Å²) in [5.74, 6) is 0.965. The van der Waals surface area contributed by atoms with Crippen molar-refractivity contribution in [3.8, 4) is 11.5 Å². The summed E-state index contributed by atoms with van der Waals surface area (Å²) in [4.78, 5) is 0. The second-order valence-electron chi connectivity index (χ2n) is 4.10. The van der Waals surface area contributed by atoms with E-state index in [1.807, 2.05) is 0 Å². The largest absolute Gasteiger partial charge is 0.495 e. The van der Waals surface area contributed by atoms with Crippen LogP contribution in [0, 0.1) is 0 Å². The Morgan fingerprint density at radius 2 is 1.48 bits per heavy atom. The van der Waals surface area contributed by atoms with Crippen LogP contribution in [0.15, 0.2) is 12.1 Å². The van der Waals surface area contributed by atoms with Crippen molar-refractivity contribution in [1.29, 1.82) is 0 Å². The van der Waals surface area contributed by atoms with E-state index >= 15 is 0 Å². The second-order valence-corrected chi connectivity index (χ2v) is 4.48. The molecule has 0 aliphatic rings. The van der Waals surface area contributed by atoms with Gasteiger partial charge in [-0.15, -0.1) is 0 Å². The molecule has 7 heteroatoms. The van der Waals surface area contributed by atoms with Crippen LogP contribution in [-0.4, -0.2) is 53.9 Å². The van der Waals surface area contributed by atoms with Crippen molar-refractivity contribution < 1.29 is 23.7 Å². The third-order valence-electron chi connectivity index (χ3n) is 2.54. The number of rotatable bonds is 11. The molecule has 0 aromatic heterocycles. The number of ether oxygens (including phenoxy) is 5. The highest BCUT2D eigenvalue weighted by Crippen LogP contribution is 2.36. The van der Waals surface area contributed by atoms with Crippen molar-refractivity contribution in [3.05, 3.63) is 17.2 Å². The van der Waals surface area contributed by atoms with E-state index in [1.54, 1.807) is 19.2 Å². The van der Waals surface area contributed by atoms with Crippen LogP contribution < -0.4 is 15.2 Å². The molecule has 21 heavy (non-hydrogen) atoms. The summed E-state index contributed by atoms with van der Waals surface area (Å²) in [6.07, 6.45) is 0. The van der Waals surface area contributed by atoms with Gasteiger partial charge in [0.05, 0.1) is 40.1 Å². The normalized spacial score (nSPS) is 10.6. The van der Waals surface area contributed by atoms with Crippen molar-refractivity contribution in [2.45, 2.75) is 0 Å². The molecule has 0 bridgehead atoms. The number of benzene rings is 1. The zero-order chi connectivity index (χ0) is 15.5. The molecular formula is C14H22ClNO5. The number of halogens is 1. The summed E-state index contributed by atoms with van der Waals surface area (Å²) in [5.41, 5.74) is 6.26. The van der Waals surface area contributed by atoms with Gasteiger partial charge in [0, 0.05) is 24.9 Å². The van der Waals surface area contributed by atoms with Crippen molar-refractivity contribution in [2.75, 3.05) is 59.6 Å². The number of nitrogens with two attached hydrogens (primary N) is 1. The number of hydrogen-bond acceptors (Lipinski definition) is 6. The zero-order valence-electron chi connectivity index (χ0n) is 12.4. The maximum atomic E-state index is 6.11. The van der Waals surface area contributed by atoms with Crippen LogP contribution in [0.1, 0.15) is 0 Å². The van der Waals surface area contributed by atoms with E-state index in [-0.39, 0.29) is 0 Å². The Kier molecular flexibility index (Phi) is 8.93. The third-order valence-corrected chi connectivity index (χ3v) is 2.91. The highest BCUT2D eigenvalue weighted by atomic mass is 35.5. The lowest BCUT2D eigenvalue weighted by molar-refractivity contribution is 0.0180. The first-order valence-electron chi connectivity index (χ1n) is 6.59. The third kappa shape index (κ3) is 6.86. The highest BCUT2D eigenvalue weighted by molar-refractivity contribution is 6.33. The Morgan fingerprint density at radius 1 is 0.905 bits per heavy atom. The quantitative estimate of drug-likeness (QED) is 0.497. The van der Waals surface area contributed by atoms with E-state index in [0.717, 1.165) is 0 Å². The molecule has 0 aliphatic carbocycles. The molecule has 0 amide bonds. The lowest BCUT2D eigenvalue weighted by Crippen LogP contribution is -2.12. The van der Waals surface area contributed by atoms with Gasteiger partial charge in [-0.25, -0.2) is 0 Å². The topological polar surface area (TPSA) is 72.2 Å². The molecule has 6 nitrogen and oxygen atoms in total. The van der Waals surface area contributed by atoms with E-state index in [9.17, 15) is 0 Å². The highest BCUT2D eigenvalue weighted by Gasteiger charge is 2.09. The van der Waals surface area contributed by atoms with Crippen LogP contribution in [0.2, 0.25) is 5.02 Å². The lowest BCUT2D eigenvalue weighted by Gasteiger charge is -2.12.